The number of hydrogen-bond acceptors (Lipinski definition) is 4. The summed E-state index contributed by atoms with van der Waals surface area (Å²) in [4.78, 5) is 0. The molecule has 6 heteroatoms. The molecule has 1 heterocycles. The normalized spacial score (nSPS) is 10.6. The minimum atomic E-state index is 0.657. The Kier molecular flexibility index (Phi) is 5.43. The van der Waals surface area contributed by atoms with Gasteiger partial charge < -0.3 is 0 Å². The highest BCUT2D eigenvalue weighted by molar-refractivity contribution is 7.98. The highest BCUT2D eigenvalue weighted by atomic mass is 35.5. The second kappa shape index (κ2) is 8.30. The molecule has 28 heavy (non-hydrogen) atoms. The van der Waals surface area contributed by atoms with E-state index in [9.17, 15) is 0 Å². The van der Waals surface area contributed by atoms with E-state index in [0.29, 0.717) is 10.6 Å². The van der Waals surface area contributed by atoms with Crippen LogP contribution in [-0.4, -0.2) is 14.8 Å². The molecule has 0 unspecified atom stereocenters. The monoisotopic (exact) mass is 402 g/mol. The molecule has 136 valence electrons. The van der Waals surface area contributed by atoms with Gasteiger partial charge in [-0.25, -0.2) is 0 Å². The van der Waals surface area contributed by atoms with Crippen LogP contribution in [0.3, 0.4) is 0 Å². The minimum Gasteiger partial charge on any atom is -0.270 e. The number of halogens is 1. The molecule has 0 saturated heterocycles. The lowest BCUT2D eigenvalue weighted by molar-refractivity contribution is 0.886. The second-order valence-corrected chi connectivity index (χ2v) is 7.46. The molecular weight excluding hydrogens is 388 g/mol. The molecule has 0 bridgehead atoms. The molecule has 0 saturated carbocycles. The van der Waals surface area contributed by atoms with Gasteiger partial charge in [0.15, 0.2) is 11.0 Å². The first-order valence-electron chi connectivity index (χ1n) is 8.63. The van der Waals surface area contributed by atoms with Crippen molar-refractivity contribution in [3.05, 3.63) is 95.0 Å². The van der Waals surface area contributed by atoms with Crippen molar-refractivity contribution in [3.63, 3.8) is 0 Å². The van der Waals surface area contributed by atoms with Crippen molar-refractivity contribution in [1.29, 1.82) is 5.26 Å². The number of nitrogens with zero attached hydrogens (tertiary/aromatic N) is 4. The fourth-order valence-electron chi connectivity index (χ4n) is 2.81. The Morgan fingerprint density at radius 3 is 2.43 bits per heavy atom. The molecule has 0 aliphatic carbocycles. The second-order valence-electron chi connectivity index (χ2n) is 6.08. The van der Waals surface area contributed by atoms with Crippen molar-refractivity contribution in [2.75, 3.05) is 0 Å². The van der Waals surface area contributed by atoms with E-state index < -0.39 is 0 Å². The van der Waals surface area contributed by atoms with Gasteiger partial charge in [-0.3, -0.25) is 4.57 Å². The molecule has 4 aromatic rings. The molecule has 0 spiro atoms. The maximum Gasteiger partial charge on any atom is 0.196 e. The predicted octanol–water partition coefficient (Wildman–Crippen LogP) is 5.75. The lowest BCUT2D eigenvalue weighted by Crippen LogP contribution is -1.99. The van der Waals surface area contributed by atoms with Crippen LogP contribution in [0, 0.1) is 11.3 Å². The Morgan fingerprint density at radius 1 is 0.929 bits per heavy atom. The van der Waals surface area contributed by atoms with Crippen LogP contribution in [0.4, 0.5) is 0 Å². The lowest BCUT2D eigenvalue weighted by Gasteiger charge is -2.10. The molecule has 3 aromatic carbocycles. The summed E-state index contributed by atoms with van der Waals surface area (Å²) >= 11 is 7.78. The zero-order valence-electron chi connectivity index (χ0n) is 14.8. The van der Waals surface area contributed by atoms with Gasteiger partial charge in [-0.05, 0) is 42.0 Å². The summed E-state index contributed by atoms with van der Waals surface area (Å²) in [5.74, 6) is 1.47. The third-order valence-corrected chi connectivity index (χ3v) is 5.42. The third-order valence-electron chi connectivity index (χ3n) is 4.18. The number of thioether (sulfide) groups is 1. The van der Waals surface area contributed by atoms with E-state index in [1.165, 1.54) is 0 Å². The maximum atomic E-state index is 8.94. The van der Waals surface area contributed by atoms with E-state index in [2.05, 4.69) is 16.3 Å². The Morgan fingerprint density at radius 2 is 1.71 bits per heavy atom. The van der Waals surface area contributed by atoms with Crippen LogP contribution < -0.4 is 0 Å². The molecule has 0 atom stereocenters. The van der Waals surface area contributed by atoms with Crippen molar-refractivity contribution in [2.24, 2.45) is 0 Å². The first-order chi connectivity index (χ1) is 13.7. The van der Waals surface area contributed by atoms with Crippen LogP contribution in [0.25, 0.3) is 17.1 Å². The van der Waals surface area contributed by atoms with Crippen LogP contribution >= 0.6 is 23.4 Å². The first kappa shape index (κ1) is 18.3. The number of hydrogen-bond donors (Lipinski definition) is 0. The lowest BCUT2D eigenvalue weighted by atomic mass is 10.2. The van der Waals surface area contributed by atoms with Gasteiger partial charge in [0.25, 0.3) is 0 Å². The third kappa shape index (κ3) is 3.94. The number of aromatic nitrogens is 3. The van der Waals surface area contributed by atoms with E-state index in [-0.39, 0.29) is 0 Å². The van der Waals surface area contributed by atoms with Crippen molar-refractivity contribution in [1.82, 2.24) is 14.8 Å². The molecule has 0 N–H and O–H groups in total. The molecule has 1 aromatic heterocycles. The Bertz CT molecular complexity index is 1130. The summed E-state index contributed by atoms with van der Waals surface area (Å²) in [7, 11) is 0. The van der Waals surface area contributed by atoms with E-state index in [1.54, 1.807) is 11.8 Å². The summed E-state index contributed by atoms with van der Waals surface area (Å²) < 4.78 is 2.04. The van der Waals surface area contributed by atoms with Crippen molar-refractivity contribution >= 4 is 23.4 Å². The Balaban J connectivity index is 1.70. The molecule has 4 rings (SSSR count). The highest BCUT2D eigenvalue weighted by Crippen LogP contribution is 2.30. The standard InChI is InChI=1S/C22H15ClN4S/c23-19-6-4-5-18(13-19)21-25-26-22(27(21)20-7-2-1-3-8-20)28-15-17-11-9-16(14-24)10-12-17/h1-13H,15H2. The van der Waals surface area contributed by atoms with Gasteiger partial charge in [-0.1, -0.05) is 65.8 Å². The SMILES string of the molecule is N#Cc1ccc(CSc2nnc(-c3cccc(Cl)c3)n2-c2ccccc2)cc1. The average molecular weight is 403 g/mol. The largest absolute Gasteiger partial charge is 0.270 e. The van der Waals surface area contributed by atoms with E-state index in [4.69, 9.17) is 16.9 Å². The van der Waals surface area contributed by atoms with E-state index in [1.807, 2.05) is 83.4 Å². The van der Waals surface area contributed by atoms with Crippen molar-refractivity contribution in [3.8, 4) is 23.1 Å². The number of rotatable bonds is 5. The van der Waals surface area contributed by atoms with Crippen LogP contribution in [-0.2, 0) is 5.75 Å². The average Bonchev–Trinajstić information content (AvgIpc) is 3.17. The van der Waals surface area contributed by atoms with Gasteiger partial charge in [0.05, 0.1) is 11.6 Å². The zero-order chi connectivity index (χ0) is 19.3. The van der Waals surface area contributed by atoms with Gasteiger partial charge in [0, 0.05) is 22.0 Å². The van der Waals surface area contributed by atoms with E-state index in [0.717, 1.165) is 33.5 Å². The first-order valence-corrected chi connectivity index (χ1v) is 9.99. The van der Waals surface area contributed by atoms with Crippen LogP contribution in [0.5, 0.6) is 0 Å². The zero-order valence-corrected chi connectivity index (χ0v) is 16.4. The summed E-state index contributed by atoms with van der Waals surface area (Å²) in [5.41, 5.74) is 3.68. The maximum absolute atomic E-state index is 8.94. The Labute approximate surface area is 172 Å². The quantitative estimate of drug-likeness (QED) is 0.399. The minimum absolute atomic E-state index is 0.657. The number of benzene rings is 3. The molecule has 0 amide bonds. The van der Waals surface area contributed by atoms with Crippen LogP contribution in [0.2, 0.25) is 5.02 Å². The van der Waals surface area contributed by atoms with Gasteiger partial charge in [-0.15, -0.1) is 10.2 Å². The molecule has 0 aliphatic rings. The molecule has 4 nitrogen and oxygen atoms in total. The highest BCUT2D eigenvalue weighted by Gasteiger charge is 2.16. The summed E-state index contributed by atoms with van der Waals surface area (Å²) in [6.07, 6.45) is 0. The summed E-state index contributed by atoms with van der Waals surface area (Å²) in [5, 5.41) is 19.3. The summed E-state index contributed by atoms with van der Waals surface area (Å²) in [6.45, 7) is 0. The number of para-hydroxylation sites is 1. The number of nitriles is 1. The smallest absolute Gasteiger partial charge is 0.196 e. The van der Waals surface area contributed by atoms with Crippen molar-refractivity contribution < 1.29 is 0 Å². The summed E-state index contributed by atoms with van der Waals surface area (Å²) in [6, 6.07) is 27.4. The Hall–Kier alpha value is -3.07. The van der Waals surface area contributed by atoms with Crippen molar-refractivity contribution in [2.45, 2.75) is 10.9 Å². The van der Waals surface area contributed by atoms with Crippen LogP contribution in [0.15, 0.2) is 84.0 Å². The van der Waals surface area contributed by atoms with Gasteiger partial charge in [0.2, 0.25) is 0 Å². The molecule has 0 radical (unpaired) electrons. The molecule has 0 aliphatic heterocycles. The fraction of sp³-hybridized carbons (Fsp3) is 0.0455. The van der Waals surface area contributed by atoms with Gasteiger partial charge >= 0.3 is 0 Å². The topological polar surface area (TPSA) is 54.5 Å². The van der Waals surface area contributed by atoms with Gasteiger partial charge in [0.1, 0.15) is 0 Å². The van der Waals surface area contributed by atoms with E-state index >= 15 is 0 Å². The predicted molar refractivity (Wildman–Crippen MR) is 113 cm³/mol. The van der Waals surface area contributed by atoms with Crippen LogP contribution in [0.1, 0.15) is 11.1 Å². The van der Waals surface area contributed by atoms with Gasteiger partial charge in [-0.2, -0.15) is 5.26 Å². The fourth-order valence-corrected chi connectivity index (χ4v) is 3.91. The molecule has 0 fully saturated rings. The molecular formula is C22H15ClN4S.